The van der Waals surface area contributed by atoms with Crippen LogP contribution in [0, 0.1) is 0 Å². The lowest BCUT2D eigenvalue weighted by molar-refractivity contribution is 0.104. The van der Waals surface area contributed by atoms with Gasteiger partial charge in [0.2, 0.25) is 0 Å². The number of nitrogens with one attached hydrogen (secondary N) is 1. The molecule has 1 saturated heterocycles. The Kier molecular flexibility index (Phi) is 2.57. The van der Waals surface area contributed by atoms with E-state index in [4.69, 9.17) is 0 Å². The normalized spacial score (nSPS) is 35.2. The van der Waals surface area contributed by atoms with Crippen molar-refractivity contribution < 1.29 is 0 Å². The summed E-state index contributed by atoms with van der Waals surface area (Å²) in [6.45, 7) is 4.72. The number of rotatable bonds is 0. The number of thiophene rings is 1. The molecule has 2 nitrogen and oxygen atoms in total. The van der Waals surface area contributed by atoms with Gasteiger partial charge >= 0.3 is 0 Å². The molecule has 1 N–H and O–H groups in total. The van der Waals surface area contributed by atoms with Crippen LogP contribution in [0.1, 0.15) is 30.2 Å². The summed E-state index contributed by atoms with van der Waals surface area (Å²) in [6, 6.07) is 3.01. The van der Waals surface area contributed by atoms with Gasteiger partial charge in [0.25, 0.3) is 0 Å². The Morgan fingerprint density at radius 3 is 3.25 bits per heavy atom. The van der Waals surface area contributed by atoms with Gasteiger partial charge in [0.1, 0.15) is 0 Å². The predicted octanol–water partition coefficient (Wildman–Crippen LogP) is 2.20. The fourth-order valence-corrected chi connectivity index (χ4v) is 4.36. The van der Waals surface area contributed by atoms with Gasteiger partial charge in [-0.15, -0.1) is 11.3 Å². The van der Waals surface area contributed by atoms with Crippen molar-refractivity contribution in [1.82, 2.24) is 10.2 Å². The average molecular weight is 236 g/mol. The molecule has 2 unspecified atom stereocenters. The molecule has 0 amide bonds. The van der Waals surface area contributed by atoms with Gasteiger partial charge in [-0.05, 0) is 50.2 Å². The summed E-state index contributed by atoms with van der Waals surface area (Å²) in [5, 5.41) is 6.08. The molecule has 2 aliphatic heterocycles. The highest BCUT2D eigenvalue weighted by molar-refractivity contribution is 7.10. The maximum Gasteiger partial charge on any atom is 0.0558 e. The van der Waals surface area contributed by atoms with E-state index in [2.05, 4.69) is 35.6 Å². The highest BCUT2D eigenvalue weighted by atomic mass is 32.1. The summed E-state index contributed by atoms with van der Waals surface area (Å²) in [5.41, 5.74) is 1.90. The minimum atomic E-state index is 0.299. The summed E-state index contributed by atoms with van der Waals surface area (Å²) in [4.78, 5) is 4.10. The molecule has 0 saturated carbocycles. The van der Waals surface area contributed by atoms with Crippen molar-refractivity contribution in [3.8, 4) is 0 Å². The van der Waals surface area contributed by atoms with E-state index in [1.54, 1.807) is 10.4 Å². The molecule has 1 aromatic rings. The predicted molar refractivity (Wildman–Crippen MR) is 69.0 cm³/mol. The Bertz CT molecular complexity index is 387. The monoisotopic (exact) mass is 236 g/mol. The second kappa shape index (κ2) is 3.83. The lowest BCUT2D eigenvalue weighted by Crippen LogP contribution is -2.55. The molecule has 0 aliphatic carbocycles. The first-order valence-electron chi connectivity index (χ1n) is 6.23. The van der Waals surface area contributed by atoms with Crippen molar-refractivity contribution in [3.63, 3.8) is 0 Å². The zero-order valence-electron chi connectivity index (χ0n) is 10.1. The third kappa shape index (κ3) is 1.53. The molecular formula is C13H20N2S. The number of fused-ring (bicyclic) bond motifs is 2. The molecule has 0 aromatic carbocycles. The minimum absolute atomic E-state index is 0.299. The van der Waals surface area contributed by atoms with Crippen LogP contribution in [0.15, 0.2) is 11.4 Å². The lowest BCUT2D eigenvalue weighted by atomic mass is 9.79. The van der Waals surface area contributed by atoms with Crippen molar-refractivity contribution >= 4 is 11.3 Å². The first-order valence-corrected chi connectivity index (χ1v) is 7.11. The summed E-state index contributed by atoms with van der Waals surface area (Å²) < 4.78 is 0. The van der Waals surface area contributed by atoms with Crippen LogP contribution in [0.2, 0.25) is 0 Å². The molecule has 3 heteroatoms. The summed E-state index contributed by atoms with van der Waals surface area (Å²) in [6.07, 6.45) is 3.74. The summed E-state index contributed by atoms with van der Waals surface area (Å²) in [5.74, 6) is 0. The second-order valence-corrected chi connectivity index (χ2v) is 6.23. The number of nitrogens with zero attached hydrogens (tertiary/aromatic N) is 1. The fourth-order valence-electron chi connectivity index (χ4n) is 3.19. The van der Waals surface area contributed by atoms with Crippen LogP contribution in [-0.2, 0) is 12.0 Å². The van der Waals surface area contributed by atoms with Gasteiger partial charge in [-0.2, -0.15) is 0 Å². The first-order chi connectivity index (χ1) is 7.71. The number of piperidine rings is 1. The van der Waals surface area contributed by atoms with Crippen molar-refractivity contribution in [2.75, 3.05) is 20.1 Å². The molecule has 3 heterocycles. The van der Waals surface area contributed by atoms with Crippen LogP contribution in [0.3, 0.4) is 0 Å². The molecule has 88 valence electrons. The van der Waals surface area contributed by atoms with E-state index in [1.165, 1.54) is 25.8 Å². The van der Waals surface area contributed by atoms with Crippen LogP contribution in [0.5, 0.6) is 0 Å². The molecule has 2 aliphatic rings. The maximum atomic E-state index is 3.81. The minimum Gasteiger partial charge on any atom is -0.306 e. The van der Waals surface area contributed by atoms with Gasteiger partial charge < -0.3 is 10.2 Å². The van der Waals surface area contributed by atoms with Crippen LogP contribution >= 0.6 is 11.3 Å². The summed E-state index contributed by atoms with van der Waals surface area (Å²) >= 11 is 1.95. The van der Waals surface area contributed by atoms with Crippen LogP contribution in [0.25, 0.3) is 0 Å². The van der Waals surface area contributed by atoms with E-state index < -0.39 is 0 Å². The lowest BCUT2D eigenvalue weighted by Gasteiger charge is -2.47. The molecule has 2 atom stereocenters. The van der Waals surface area contributed by atoms with Gasteiger partial charge in [0.05, 0.1) is 5.54 Å². The zero-order chi connectivity index (χ0) is 11.2. The smallest absolute Gasteiger partial charge is 0.0558 e. The topological polar surface area (TPSA) is 15.3 Å². The van der Waals surface area contributed by atoms with Crippen molar-refractivity contribution in [1.29, 1.82) is 0 Å². The van der Waals surface area contributed by atoms with Crippen LogP contribution < -0.4 is 5.32 Å². The standard InChI is InChI=1S/C13H20N2S/c1-10-9-13(5-7-15(10)2)12-11(3-6-14-13)4-8-16-12/h4,8,10,14H,3,5-7,9H2,1-2H3. The zero-order valence-corrected chi connectivity index (χ0v) is 10.9. The van der Waals surface area contributed by atoms with E-state index >= 15 is 0 Å². The highest BCUT2D eigenvalue weighted by Gasteiger charge is 2.41. The quantitative estimate of drug-likeness (QED) is 0.743. The molecule has 1 aromatic heterocycles. The Hall–Kier alpha value is -0.380. The van der Waals surface area contributed by atoms with E-state index in [0.717, 1.165) is 6.54 Å². The van der Waals surface area contributed by atoms with E-state index in [0.29, 0.717) is 11.6 Å². The highest BCUT2D eigenvalue weighted by Crippen LogP contribution is 2.41. The molecule has 1 spiro atoms. The van der Waals surface area contributed by atoms with Gasteiger partial charge in [-0.1, -0.05) is 0 Å². The fraction of sp³-hybridized carbons (Fsp3) is 0.692. The van der Waals surface area contributed by atoms with E-state index in [1.807, 2.05) is 11.3 Å². The Morgan fingerprint density at radius 2 is 2.44 bits per heavy atom. The van der Waals surface area contributed by atoms with Crippen molar-refractivity contribution in [3.05, 3.63) is 21.9 Å². The molecule has 16 heavy (non-hydrogen) atoms. The van der Waals surface area contributed by atoms with E-state index in [-0.39, 0.29) is 0 Å². The van der Waals surface area contributed by atoms with Gasteiger partial charge in [0.15, 0.2) is 0 Å². The molecular weight excluding hydrogens is 216 g/mol. The number of hydrogen-bond donors (Lipinski definition) is 1. The molecule has 0 radical (unpaired) electrons. The average Bonchev–Trinajstić information content (AvgIpc) is 2.74. The van der Waals surface area contributed by atoms with Crippen LogP contribution in [-0.4, -0.2) is 31.1 Å². The van der Waals surface area contributed by atoms with Crippen molar-refractivity contribution in [2.45, 2.75) is 37.8 Å². The first kappa shape index (κ1) is 10.8. The molecule has 1 fully saturated rings. The Morgan fingerprint density at radius 1 is 1.56 bits per heavy atom. The molecule has 0 bridgehead atoms. The van der Waals surface area contributed by atoms with Crippen LogP contribution in [0.4, 0.5) is 0 Å². The van der Waals surface area contributed by atoms with Crippen molar-refractivity contribution in [2.24, 2.45) is 0 Å². The van der Waals surface area contributed by atoms with Gasteiger partial charge in [-0.25, -0.2) is 0 Å². The number of hydrogen-bond acceptors (Lipinski definition) is 3. The molecule has 3 rings (SSSR count). The van der Waals surface area contributed by atoms with Gasteiger partial charge in [0, 0.05) is 24.0 Å². The number of likely N-dealkylation sites (tertiary alicyclic amines) is 1. The maximum absolute atomic E-state index is 3.81. The third-order valence-electron chi connectivity index (χ3n) is 4.33. The Labute approximate surface area is 102 Å². The Balaban J connectivity index is 1.96. The summed E-state index contributed by atoms with van der Waals surface area (Å²) in [7, 11) is 2.25. The van der Waals surface area contributed by atoms with E-state index in [9.17, 15) is 0 Å². The third-order valence-corrected chi connectivity index (χ3v) is 5.49. The largest absolute Gasteiger partial charge is 0.306 e. The van der Waals surface area contributed by atoms with Gasteiger partial charge in [-0.3, -0.25) is 0 Å². The second-order valence-electron chi connectivity index (χ2n) is 5.32. The SMILES string of the molecule is CC1CC2(CCN1C)NCCc1ccsc12.